The summed E-state index contributed by atoms with van der Waals surface area (Å²) in [7, 11) is 0. The fraction of sp³-hybridized carbons (Fsp3) is 0.571. The lowest BCUT2D eigenvalue weighted by Gasteiger charge is -2.05. The van der Waals surface area contributed by atoms with Gasteiger partial charge >= 0.3 is 0 Å². The Balaban J connectivity index is 2.59. The summed E-state index contributed by atoms with van der Waals surface area (Å²) in [6.45, 7) is 8.23. The standard InChI is InChI=1S/C14H21NO/c1-10(2)6-5-7-14(16)13-8-11(3)15-12(4)9-13/h8-10H,5-7H2,1-4H3. The molecule has 1 aromatic heterocycles. The van der Waals surface area contributed by atoms with Gasteiger partial charge < -0.3 is 0 Å². The number of aryl methyl sites for hydroxylation is 2. The van der Waals surface area contributed by atoms with Crippen molar-refractivity contribution in [1.82, 2.24) is 4.98 Å². The van der Waals surface area contributed by atoms with Crippen molar-refractivity contribution in [3.8, 4) is 0 Å². The molecule has 0 unspecified atom stereocenters. The maximum absolute atomic E-state index is 11.9. The Morgan fingerprint density at radius 1 is 1.25 bits per heavy atom. The summed E-state index contributed by atoms with van der Waals surface area (Å²) in [5, 5.41) is 0. The third kappa shape index (κ3) is 4.13. The number of Topliss-reactive ketones (excluding diaryl/α,β-unsaturated/α-hetero) is 1. The molecule has 2 heteroatoms. The summed E-state index contributed by atoms with van der Waals surface area (Å²) in [5.74, 6) is 0.919. The van der Waals surface area contributed by atoms with Crippen LogP contribution in [0.15, 0.2) is 12.1 Å². The van der Waals surface area contributed by atoms with E-state index >= 15 is 0 Å². The van der Waals surface area contributed by atoms with E-state index in [0.29, 0.717) is 12.3 Å². The fourth-order valence-corrected chi connectivity index (χ4v) is 1.81. The summed E-state index contributed by atoms with van der Waals surface area (Å²) < 4.78 is 0. The molecule has 88 valence electrons. The zero-order chi connectivity index (χ0) is 12.1. The normalized spacial score (nSPS) is 10.8. The van der Waals surface area contributed by atoms with E-state index in [2.05, 4.69) is 18.8 Å². The molecule has 0 spiro atoms. The van der Waals surface area contributed by atoms with Crippen LogP contribution in [-0.4, -0.2) is 10.8 Å². The predicted molar refractivity (Wildman–Crippen MR) is 66.7 cm³/mol. The van der Waals surface area contributed by atoms with Gasteiger partial charge in [0.25, 0.3) is 0 Å². The molecule has 0 saturated heterocycles. The largest absolute Gasteiger partial charge is 0.294 e. The second-order valence-electron chi connectivity index (χ2n) is 4.85. The van der Waals surface area contributed by atoms with Crippen molar-refractivity contribution in [3.05, 3.63) is 29.1 Å². The Labute approximate surface area is 98.1 Å². The molecule has 1 aromatic rings. The number of carbonyl (C=O) groups is 1. The lowest BCUT2D eigenvalue weighted by atomic mass is 10.0. The zero-order valence-electron chi connectivity index (χ0n) is 10.7. The monoisotopic (exact) mass is 219 g/mol. The van der Waals surface area contributed by atoms with Crippen LogP contribution in [0.25, 0.3) is 0 Å². The van der Waals surface area contributed by atoms with E-state index in [9.17, 15) is 4.79 Å². The first-order valence-electron chi connectivity index (χ1n) is 5.97. The Kier molecular flexibility index (Phi) is 4.66. The summed E-state index contributed by atoms with van der Waals surface area (Å²) in [4.78, 5) is 16.2. The Bertz CT molecular complexity index is 349. The molecule has 0 amide bonds. The Morgan fingerprint density at radius 2 is 1.81 bits per heavy atom. The number of carbonyl (C=O) groups excluding carboxylic acids is 1. The van der Waals surface area contributed by atoms with Gasteiger partial charge in [-0.2, -0.15) is 0 Å². The second kappa shape index (κ2) is 5.78. The smallest absolute Gasteiger partial charge is 0.163 e. The van der Waals surface area contributed by atoms with Crippen molar-refractivity contribution in [2.24, 2.45) is 5.92 Å². The molecular weight excluding hydrogens is 198 g/mol. The fourth-order valence-electron chi connectivity index (χ4n) is 1.81. The van der Waals surface area contributed by atoms with E-state index in [4.69, 9.17) is 0 Å². The molecule has 1 heterocycles. The van der Waals surface area contributed by atoms with Crippen LogP contribution in [0.5, 0.6) is 0 Å². The minimum absolute atomic E-state index is 0.245. The zero-order valence-corrected chi connectivity index (χ0v) is 10.7. The summed E-state index contributed by atoms with van der Waals surface area (Å²) in [6, 6.07) is 3.76. The van der Waals surface area contributed by atoms with Crippen LogP contribution in [0, 0.1) is 19.8 Å². The van der Waals surface area contributed by atoms with Crippen LogP contribution >= 0.6 is 0 Å². The van der Waals surface area contributed by atoms with Crippen molar-refractivity contribution in [3.63, 3.8) is 0 Å². The van der Waals surface area contributed by atoms with Crippen LogP contribution in [0.2, 0.25) is 0 Å². The number of pyridine rings is 1. The summed E-state index contributed by atoms with van der Waals surface area (Å²) in [5.41, 5.74) is 2.66. The molecule has 0 aliphatic carbocycles. The van der Waals surface area contributed by atoms with Crippen molar-refractivity contribution >= 4 is 5.78 Å². The lowest BCUT2D eigenvalue weighted by molar-refractivity contribution is 0.0978. The van der Waals surface area contributed by atoms with Gasteiger partial charge in [-0.15, -0.1) is 0 Å². The molecule has 0 fully saturated rings. The SMILES string of the molecule is Cc1cc(C(=O)CCCC(C)C)cc(C)n1. The van der Waals surface area contributed by atoms with E-state index in [1.54, 1.807) is 0 Å². The van der Waals surface area contributed by atoms with Crippen molar-refractivity contribution < 1.29 is 4.79 Å². The number of hydrogen-bond donors (Lipinski definition) is 0. The lowest BCUT2D eigenvalue weighted by Crippen LogP contribution is -2.02. The average molecular weight is 219 g/mol. The van der Waals surface area contributed by atoms with E-state index < -0.39 is 0 Å². The van der Waals surface area contributed by atoms with E-state index in [1.165, 1.54) is 0 Å². The highest BCUT2D eigenvalue weighted by atomic mass is 16.1. The van der Waals surface area contributed by atoms with Crippen LogP contribution in [0.1, 0.15) is 54.9 Å². The third-order valence-corrected chi connectivity index (χ3v) is 2.59. The van der Waals surface area contributed by atoms with Gasteiger partial charge in [0, 0.05) is 23.4 Å². The highest BCUT2D eigenvalue weighted by Crippen LogP contribution is 2.12. The quantitative estimate of drug-likeness (QED) is 0.707. The maximum atomic E-state index is 11.9. The average Bonchev–Trinajstić information content (AvgIpc) is 2.15. The minimum Gasteiger partial charge on any atom is -0.294 e. The predicted octanol–water partition coefficient (Wildman–Crippen LogP) is 3.71. The Morgan fingerprint density at radius 3 is 2.31 bits per heavy atom. The molecular formula is C14H21NO. The van der Waals surface area contributed by atoms with E-state index in [1.807, 2.05) is 26.0 Å². The van der Waals surface area contributed by atoms with Gasteiger partial charge in [-0.1, -0.05) is 20.3 Å². The van der Waals surface area contributed by atoms with Crippen molar-refractivity contribution in [2.45, 2.75) is 47.0 Å². The molecule has 0 saturated carbocycles. The molecule has 2 nitrogen and oxygen atoms in total. The van der Waals surface area contributed by atoms with Crippen LogP contribution in [0.4, 0.5) is 0 Å². The molecule has 0 aliphatic rings. The first-order valence-corrected chi connectivity index (χ1v) is 5.97. The number of hydrogen-bond acceptors (Lipinski definition) is 2. The Hall–Kier alpha value is -1.18. The third-order valence-electron chi connectivity index (χ3n) is 2.59. The van der Waals surface area contributed by atoms with Gasteiger partial charge in [-0.05, 0) is 38.3 Å². The minimum atomic E-state index is 0.245. The van der Waals surface area contributed by atoms with Gasteiger partial charge in [-0.25, -0.2) is 0 Å². The molecule has 0 aliphatic heterocycles. The first kappa shape index (κ1) is 12.9. The van der Waals surface area contributed by atoms with Gasteiger partial charge in [0.1, 0.15) is 0 Å². The van der Waals surface area contributed by atoms with Gasteiger partial charge in [0.05, 0.1) is 0 Å². The highest BCUT2D eigenvalue weighted by molar-refractivity contribution is 5.96. The maximum Gasteiger partial charge on any atom is 0.163 e. The molecule has 0 bridgehead atoms. The molecule has 0 radical (unpaired) electrons. The van der Waals surface area contributed by atoms with Crippen LogP contribution in [0.3, 0.4) is 0 Å². The van der Waals surface area contributed by atoms with Crippen LogP contribution < -0.4 is 0 Å². The number of rotatable bonds is 5. The molecule has 0 aromatic carbocycles. The highest BCUT2D eigenvalue weighted by Gasteiger charge is 2.07. The number of nitrogens with zero attached hydrogens (tertiary/aromatic N) is 1. The molecule has 1 rings (SSSR count). The number of ketones is 1. The van der Waals surface area contributed by atoms with E-state index in [-0.39, 0.29) is 5.78 Å². The second-order valence-corrected chi connectivity index (χ2v) is 4.85. The first-order chi connectivity index (χ1) is 7.49. The van der Waals surface area contributed by atoms with Gasteiger partial charge in [0.15, 0.2) is 5.78 Å². The van der Waals surface area contributed by atoms with E-state index in [0.717, 1.165) is 29.8 Å². The molecule has 0 atom stereocenters. The van der Waals surface area contributed by atoms with Crippen molar-refractivity contribution in [2.75, 3.05) is 0 Å². The molecule has 16 heavy (non-hydrogen) atoms. The summed E-state index contributed by atoms with van der Waals surface area (Å²) >= 11 is 0. The van der Waals surface area contributed by atoms with Crippen molar-refractivity contribution in [1.29, 1.82) is 0 Å². The topological polar surface area (TPSA) is 30.0 Å². The molecule has 0 N–H and O–H groups in total. The van der Waals surface area contributed by atoms with Crippen LogP contribution in [-0.2, 0) is 0 Å². The number of aromatic nitrogens is 1. The van der Waals surface area contributed by atoms with Gasteiger partial charge in [0.2, 0.25) is 0 Å². The van der Waals surface area contributed by atoms with Gasteiger partial charge in [-0.3, -0.25) is 9.78 Å². The summed E-state index contributed by atoms with van der Waals surface area (Å²) in [6.07, 6.45) is 2.76.